The molecule has 0 saturated carbocycles. The Kier molecular flexibility index (Phi) is 1.75. The highest BCUT2D eigenvalue weighted by Crippen LogP contribution is 2.22. The van der Waals surface area contributed by atoms with E-state index in [0.717, 1.165) is 0 Å². The van der Waals surface area contributed by atoms with E-state index >= 15 is 0 Å². The Bertz CT molecular complexity index is 1110. The second-order valence-electron chi connectivity index (χ2n) is 2.83. The van der Waals surface area contributed by atoms with Gasteiger partial charge in [-0.2, -0.15) is 0 Å². The Morgan fingerprint density at radius 3 is 2.50 bits per heavy atom. The maximum absolute atomic E-state index is 10.4. The van der Waals surface area contributed by atoms with Gasteiger partial charge in [0.25, 0.3) is 0 Å². The van der Waals surface area contributed by atoms with Gasteiger partial charge in [-0.25, -0.2) is 0 Å². The van der Waals surface area contributed by atoms with Crippen molar-refractivity contribution >= 4 is 0 Å². The zero-order valence-electron chi connectivity index (χ0n) is 33.6. The van der Waals surface area contributed by atoms with E-state index in [-0.39, 0.29) is 0 Å². The normalized spacial score (nSPS) is 76.8. The molecule has 0 aromatic rings. The highest BCUT2D eigenvalue weighted by molar-refractivity contribution is 4.88. The highest BCUT2D eigenvalue weighted by atomic mass is 16.7. The van der Waals surface area contributed by atoms with Crippen LogP contribution in [0.1, 0.15) is 78.0 Å². The van der Waals surface area contributed by atoms with Crippen LogP contribution in [0, 0.1) is 0 Å². The van der Waals surface area contributed by atoms with E-state index in [1.54, 1.807) is 0 Å². The van der Waals surface area contributed by atoms with Crippen LogP contribution in [0.5, 0.6) is 0 Å². The van der Waals surface area contributed by atoms with Crippen LogP contribution in [0.4, 0.5) is 0 Å². The van der Waals surface area contributed by atoms with Crippen molar-refractivity contribution in [1.82, 2.24) is 0 Å². The first-order valence-corrected chi connectivity index (χ1v) is 4.71. The SMILES string of the molecule is [2H]C([2H])([2H])C([2H])([2H])C([2H])([2H])C([2H])([2H])C([2H])([2H])C([2H])([2H])C([2H])([2H])C([2H])([2H])O[C@@]1([2H])O[C@]([2H])(C([2H])([2H])O)[C@@]([2H])(O)[C@]([2H])(O)[C@@]1([2H])O. The quantitative estimate of drug-likeness (QED) is 0.484. The van der Waals surface area contributed by atoms with Crippen molar-refractivity contribution in [3.8, 4) is 0 Å². The standard InChI is InChI=1S/C14H28O6/c1-2-3-4-5-6-7-8-19-14-13(18)12(17)11(16)10(9-15)20-14/h10-18H,2-9H2,1H3/t10-,11-,12+,13-,14+/m1/s1/i1D3,2D2,3D2,4D2,5D2,6D2,7D2,8D2,9D2,10D,11D,12D,13D,14D. The summed E-state index contributed by atoms with van der Waals surface area (Å²) >= 11 is 0. The number of aliphatic hydroxyl groups is 4. The van der Waals surface area contributed by atoms with Crippen LogP contribution >= 0.6 is 0 Å². The Hall–Kier alpha value is -0.240. The molecule has 1 saturated heterocycles. The minimum Gasteiger partial charge on any atom is -0.394 e. The largest absolute Gasteiger partial charge is 0.394 e. The van der Waals surface area contributed by atoms with Gasteiger partial charge in [0.15, 0.2) is 6.27 Å². The van der Waals surface area contributed by atoms with Gasteiger partial charge in [-0.3, -0.25) is 0 Å². The van der Waals surface area contributed by atoms with Crippen LogP contribution in [-0.2, 0) is 9.47 Å². The second kappa shape index (κ2) is 9.65. The van der Waals surface area contributed by atoms with Gasteiger partial charge < -0.3 is 29.9 Å². The molecule has 120 valence electrons. The first-order chi connectivity index (χ1) is 18.4. The fourth-order valence-corrected chi connectivity index (χ4v) is 0.873. The van der Waals surface area contributed by atoms with Crippen molar-refractivity contribution in [3.05, 3.63) is 0 Å². The van der Waals surface area contributed by atoms with Crippen LogP contribution in [-0.4, -0.2) is 64.1 Å². The monoisotopic (exact) mass is 316 g/mol. The van der Waals surface area contributed by atoms with Gasteiger partial charge in [0.05, 0.1) is 18.9 Å². The molecular weight excluding hydrogens is 264 g/mol. The lowest BCUT2D eigenvalue weighted by Crippen LogP contribution is -2.59. The van der Waals surface area contributed by atoms with E-state index in [1.165, 1.54) is 0 Å². The molecule has 0 aromatic carbocycles. The molecule has 1 aliphatic heterocycles. The predicted octanol–water partition coefficient (Wildman–Crippen LogP) is 0.163. The predicted molar refractivity (Wildman–Crippen MR) is 73.1 cm³/mol. The summed E-state index contributed by atoms with van der Waals surface area (Å²) in [5.41, 5.74) is 0. The van der Waals surface area contributed by atoms with Crippen LogP contribution in [0.3, 0.4) is 0 Å². The topological polar surface area (TPSA) is 99.4 Å². The molecule has 6 heteroatoms. The number of hydrogen-bond donors (Lipinski definition) is 4. The fourth-order valence-electron chi connectivity index (χ4n) is 0.873. The number of hydrogen-bond acceptors (Lipinski definition) is 6. The van der Waals surface area contributed by atoms with E-state index in [2.05, 4.69) is 9.47 Å². The summed E-state index contributed by atoms with van der Waals surface area (Å²) in [5, 5.41) is 40.6. The Balaban J connectivity index is 3.92. The fraction of sp³-hybridized carbons (Fsp3) is 1.00. The number of ether oxygens (including phenoxy) is 2. The molecule has 1 rings (SSSR count). The summed E-state index contributed by atoms with van der Waals surface area (Å²) in [5.74, 6) is 0. The summed E-state index contributed by atoms with van der Waals surface area (Å²) in [6, 6.07) is 0. The van der Waals surface area contributed by atoms with E-state index in [1.807, 2.05) is 0 Å². The number of rotatable bonds is 9. The zero-order chi connectivity index (χ0) is 36.4. The zero-order valence-corrected chi connectivity index (χ0v) is 9.61. The lowest BCUT2D eigenvalue weighted by Gasteiger charge is -2.39. The minimum atomic E-state index is -4.90. The van der Waals surface area contributed by atoms with Crippen molar-refractivity contribution in [2.75, 3.05) is 13.1 Å². The molecule has 20 heavy (non-hydrogen) atoms. The van der Waals surface area contributed by atoms with Crippen LogP contribution < -0.4 is 0 Å². The molecule has 0 amide bonds. The molecule has 1 aliphatic rings. The van der Waals surface area contributed by atoms with E-state index in [0.29, 0.717) is 0 Å². The lowest BCUT2D eigenvalue weighted by atomic mass is 9.99. The average Bonchev–Trinajstić information content (AvgIpc) is 2.74. The molecule has 0 aromatic heterocycles. The lowest BCUT2D eigenvalue weighted by molar-refractivity contribution is -0.301. The average molecular weight is 317 g/mol. The molecule has 1 fully saturated rings. The van der Waals surface area contributed by atoms with Crippen molar-refractivity contribution in [2.24, 2.45) is 0 Å². The maximum Gasteiger partial charge on any atom is 0.186 e. The van der Waals surface area contributed by atoms with Gasteiger partial charge in [-0.1, -0.05) is 38.7 Å². The highest BCUT2D eigenvalue weighted by Gasteiger charge is 2.43. The maximum atomic E-state index is 10.4. The van der Waals surface area contributed by atoms with Crippen molar-refractivity contribution < 1.29 is 62.8 Å². The smallest absolute Gasteiger partial charge is 0.186 e. The van der Waals surface area contributed by atoms with Crippen LogP contribution in [0.2, 0.25) is 0 Å². The summed E-state index contributed by atoms with van der Waals surface area (Å²) < 4.78 is 193. The second-order valence-corrected chi connectivity index (χ2v) is 2.83. The van der Waals surface area contributed by atoms with Crippen molar-refractivity contribution in [1.29, 1.82) is 0 Å². The third kappa shape index (κ3) is 5.27. The summed E-state index contributed by atoms with van der Waals surface area (Å²) in [6.45, 7) is -13.4. The Labute approximate surface area is 154 Å². The van der Waals surface area contributed by atoms with Gasteiger partial charge in [0.2, 0.25) is 0 Å². The molecule has 4 N–H and O–H groups in total. The first kappa shape index (κ1) is 3.63. The van der Waals surface area contributed by atoms with Crippen LogP contribution in [0.15, 0.2) is 0 Å². The van der Waals surface area contributed by atoms with Crippen LogP contribution in [0.25, 0.3) is 0 Å². The van der Waals surface area contributed by atoms with Crippen molar-refractivity contribution in [3.63, 3.8) is 0 Å². The molecule has 5 atom stereocenters. The molecule has 1 heterocycles. The summed E-state index contributed by atoms with van der Waals surface area (Å²) in [4.78, 5) is 0. The van der Waals surface area contributed by atoms with Gasteiger partial charge in [-0.05, 0) is 6.37 Å². The molecule has 0 unspecified atom stereocenters. The molecular formula is C14H28O6. The molecule has 0 radical (unpaired) electrons. The van der Waals surface area contributed by atoms with Gasteiger partial charge in [0.1, 0.15) is 24.3 Å². The summed E-state index contributed by atoms with van der Waals surface area (Å²) in [6.07, 6.45) is -52.1. The van der Waals surface area contributed by atoms with E-state index < -0.39 is 88.8 Å². The summed E-state index contributed by atoms with van der Waals surface area (Å²) in [7, 11) is 0. The van der Waals surface area contributed by atoms with E-state index in [4.69, 9.17) is 32.9 Å². The van der Waals surface area contributed by atoms with Crippen molar-refractivity contribution in [2.45, 2.75) is 75.7 Å². The Morgan fingerprint density at radius 2 is 1.80 bits per heavy atom. The molecule has 0 bridgehead atoms. The molecule has 0 aliphatic carbocycles. The third-order valence-electron chi connectivity index (χ3n) is 1.66. The van der Waals surface area contributed by atoms with Gasteiger partial charge in [-0.15, -0.1) is 0 Å². The first-order valence-electron chi connectivity index (χ1n) is 16.7. The Morgan fingerprint density at radius 1 is 1.10 bits per heavy atom. The minimum absolute atomic E-state index is 4.05. The molecule has 6 nitrogen and oxygen atoms in total. The molecule has 0 spiro atoms. The third-order valence-corrected chi connectivity index (χ3v) is 1.66. The van der Waals surface area contributed by atoms with Gasteiger partial charge in [0, 0.05) is 27.1 Å². The van der Waals surface area contributed by atoms with Gasteiger partial charge >= 0.3 is 0 Å². The van der Waals surface area contributed by atoms with E-state index in [9.17, 15) is 20.4 Å².